The van der Waals surface area contributed by atoms with Gasteiger partial charge in [-0.1, -0.05) is 0 Å². The second kappa shape index (κ2) is 6.09. The molecule has 1 aromatic heterocycles. The fourth-order valence-corrected chi connectivity index (χ4v) is 4.28. The van der Waals surface area contributed by atoms with Crippen molar-refractivity contribution in [2.24, 2.45) is 0 Å². The SMILES string of the molecule is COC(=O)Nc1nc2ccc([Se](=O)c3ccccc3)cc2[nH]1. The summed E-state index contributed by atoms with van der Waals surface area (Å²) in [5.74, 6) is 0.293. The molecule has 0 aliphatic carbocycles. The molecule has 3 rings (SSSR count). The Balaban J connectivity index is 1.93. The van der Waals surface area contributed by atoms with E-state index in [9.17, 15) is 8.63 Å². The molecule has 0 aliphatic heterocycles. The molecular weight excluding hydrogens is 349 g/mol. The van der Waals surface area contributed by atoms with Crippen LogP contribution in [0.15, 0.2) is 48.5 Å². The number of aromatic amines is 1. The number of carbonyl (C=O) groups is 1. The number of nitrogens with zero attached hydrogens (tertiary/aromatic N) is 1. The van der Waals surface area contributed by atoms with Gasteiger partial charge in [-0.05, 0) is 0 Å². The Morgan fingerprint density at radius 2 is 1.95 bits per heavy atom. The van der Waals surface area contributed by atoms with E-state index in [1.165, 1.54) is 7.11 Å². The van der Waals surface area contributed by atoms with Crippen LogP contribution in [0.5, 0.6) is 0 Å². The van der Waals surface area contributed by atoms with Crippen LogP contribution in [0, 0.1) is 0 Å². The predicted molar refractivity (Wildman–Crippen MR) is 84.3 cm³/mol. The number of amides is 1. The van der Waals surface area contributed by atoms with Gasteiger partial charge < -0.3 is 0 Å². The van der Waals surface area contributed by atoms with E-state index < -0.39 is 19.9 Å². The first-order chi connectivity index (χ1) is 10.7. The molecule has 6 nitrogen and oxygen atoms in total. The van der Waals surface area contributed by atoms with Crippen molar-refractivity contribution in [1.29, 1.82) is 0 Å². The second-order valence-electron chi connectivity index (χ2n) is 4.46. The molecule has 0 fully saturated rings. The summed E-state index contributed by atoms with van der Waals surface area (Å²) in [4.78, 5) is 18.4. The fraction of sp³-hybridized carbons (Fsp3) is 0.0667. The number of carbonyl (C=O) groups excluding carboxylic acids is 1. The zero-order chi connectivity index (χ0) is 15.5. The van der Waals surface area contributed by atoms with Crippen molar-refractivity contribution in [1.82, 2.24) is 9.97 Å². The van der Waals surface area contributed by atoms with Crippen LogP contribution in [0.25, 0.3) is 11.0 Å². The first-order valence-electron chi connectivity index (χ1n) is 6.49. The van der Waals surface area contributed by atoms with E-state index in [0.29, 0.717) is 17.0 Å². The van der Waals surface area contributed by atoms with E-state index in [4.69, 9.17) is 0 Å². The Morgan fingerprint density at radius 1 is 1.18 bits per heavy atom. The number of aromatic nitrogens is 2. The summed E-state index contributed by atoms with van der Waals surface area (Å²) in [6.07, 6.45) is -0.598. The molecule has 0 aliphatic rings. The normalized spacial score (nSPS) is 12.0. The van der Waals surface area contributed by atoms with Crippen LogP contribution in [0.4, 0.5) is 10.7 Å². The Labute approximate surface area is 130 Å². The summed E-state index contributed by atoms with van der Waals surface area (Å²) in [6.45, 7) is 0. The molecule has 1 amide bonds. The van der Waals surface area contributed by atoms with Gasteiger partial charge in [-0.25, -0.2) is 0 Å². The van der Waals surface area contributed by atoms with Crippen LogP contribution in [0.2, 0.25) is 0 Å². The zero-order valence-electron chi connectivity index (χ0n) is 11.7. The van der Waals surface area contributed by atoms with Crippen LogP contribution in [-0.4, -0.2) is 37.0 Å². The van der Waals surface area contributed by atoms with Gasteiger partial charge in [-0.15, -0.1) is 0 Å². The van der Waals surface area contributed by atoms with Crippen LogP contribution in [0.3, 0.4) is 0 Å². The number of methoxy groups -OCH3 is 1. The number of rotatable bonds is 3. The number of imidazole rings is 1. The third kappa shape index (κ3) is 2.90. The fourth-order valence-electron chi connectivity index (χ4n) is 1.99. The van der Waals surface area contributed by atoms with E-state index >= 15 is 0 Å². The Kier molecular flexibility index (Phi) is 4.00. The third-order valence-electron chi connectivity index (χ3n) is 3.03. The first kappa shape index (κ1) is 14.4. The molecule has 2 aromatic carbocycles. The first-order valence-corrected chi connectivity index (χ1v) is 8.90. The van der Waals surface area contributed by atoms with Crippen molar-refractivity contribution in [3.05, 3.63) is 48.5 Å². The van der Waals surface area contributed by atoms with Gasteiger partial charge in [0.05, 0.1) is 0 Å². The van der Waals surface area contributed by atoms with Crippen molar-refractivity contribution >= 4 is 45.8 Å². The van der Waals surface area contributed by atoms with Crippen LogP contribution < -0.4 is 14.2 Å². The third-order valence-corrected chi connectivity index (χ3v) is 5.93. The summed E-state index contributed by atoms with van der Waals surface area (Å²) in [5.41, 5.74) is 1.39. The van der Waals surface area contributed by atoms with Crippen molar-refractivity contribution in [2.75, 3.05) is 12.4 Å². The van der Waals surface area contributed by atoms with E-state index in [-0.39, 0.29) is 0 Å². The molecule has 0 saturated heterocycles. The number of anilines is 1. The number of H-pyrrole nitrogens is 1. The maximum absolute atomic E-state index is 12.6. The molecule has 22 heavy (non-hydrogen) atoms. The number of hydrogen-bond acceptors (Lipinski definition) is 4. The molecule has 2 N–H and O–H groups in total. The predicted octanol–water partition coefficient (Wildman–Crippen LogP) is 1.28. The van der Waals surface area contributed by atoms with Crippen LogP contribution in [0.1, 0.15) is 0 Å². The van der Waals surface area contributed by atoms with Gasteiger partial charge in [-0.2, -0.15) is 0 Å². The topological polar surface area (TPSA) is 84.1 Å². The average Bonchev–Trinajstić information content (AvgIpc) is 2.96. The van der Waals surface area contributed by atoms with Crippen molar-refractivity contribution < 1.29 is 13.4 Å². The monoisotopic (exact) mass is 363 g/mol. The van der Waals surface area contributed by atoms with Gasteiger partial charge in [0.2, 0.25) is 0 Å². The van der Waals surface area contributed by atoms with Gasteiger partial charge in [-0.3, -0.25) is 0 Å². The van der Waals surface area contributed by atoms with E-state index in [1.54, 1.807) is 18.2 Å². The van der Waals surface area contributed by atoms with Gasteiger partial charge in [0, 0.05) is 0 Å². The summed E-state index contributed by atoms with van der Waals surface area (Å²) >= 11 is -2.31. The molecule has 1 atom stereocenters. The van der Waals surface area contributed by atoms with Gasteiger partial charge in [0.25, 0.3) is 0 Å². The molecule has 3 aromatic rings. The van der Waals surface area contributed by atoms with Gasteiger partial charge in [0.1, 0.15) is 0 Å². The van der Waals surface area contributed by atoms with Crippen molar-refractivity contribution in [3.63, 3.8) is 0 Å². The minimum atomic E-state index is -2.31. The summed E-state index contributed by atoms with van der Waals surface area (Å²) in [5, 5.41) is 2.47. The molecule has 0 saturated carbocycles. The number of benzene rings is 2. The minimum absolute atomic E-state index is 0.293. The van der Waals surface area contributed by atoms with Crippen molar-refractivity contribution in [2.45, 2.75) is 0 Å². The summed E-state index contributed by atoms with van der Waals surface area (Å²) < 4.78 is 18.7. The number of ether oxygens (including phenoxy) is 1. The zero-order valence-corrected chi connectivity index (χ0v) is 13.4. The Hall–Kier alpha value is -2.50. The van der Waals surface area contributed by atoms with E-state index in [0.717, 1.165) is 8.92 Å². The molecular formula is C15H13N3O3Se. The molecule has 1 heterocycles. The average molecular weight is 362 g/mol. The molecule has 0 bridgehead atoms. The molecule has 0 spiro atoms. The standard InChI is InChI=1S/C15H13N3O3Se/c1-21-15(19)18-14-16-12-8-7-11(9-13(12)17-14)22(20)10-5-3-2-4-6-10/h2-9H,1H3,(H2,16,17,18,19). The molecule has 0 radical (unpaired) electrons. The van der Waals surface area contributed by atoms with Gasteiger partial charge in [0.15, 0.2) is 0 Å². The number of fused-ring (bicyclic) bond motifs is 1. The van der Waals surface area contributed by atoms with Gasteiger partial charge >= 0.3 is 130 Å². The molecule has 112 valence electrons. The van der Waals surface area contributed by atoms with E-state index in [1.807, 2.05) is 30.3 Å². The molecule has 1 unspecified atom stereocenters. The summed E-state index contributed by atoms with van der Waals surface area (Å²) in [6, 6.07) is 14.7. The number of nitrogens with one attached hydrogen (secondary N) is 2. The summed E-state index contributed by atoms with van der Waals surface area (Å²) in [7, 11) is 1.28. The second-order valence-corrected chi connectivity index (χ2v) is 7.57. The van der Waals surface area contributed by atoms with Crippen molar-refractivity contribution in [3.8, 4) is 0 Å². The van der Waals surface area contributed by atoms with Crippen LogP contribution >= 0.6 is 0 Å². The quantitative estimate of drug-likeness (QED) is 0.688. The Bertz CT molecular complexity index is 846. The Morgan fingerprint density at radius 3 is 2.68 bits per heavy atom. The number of hydrogen-bond donors (Lipinski definition) is 2. The maximum atomic E-state index is 12.6. The van der Waals surface area contributed by atoms with Crippen LogP contribution in [-0.2, 0) is 8.57 Å². The van der Waals surface area contributed by atoms with E-state index in [2.05, 4.69) is 20.0 Å². The molecule has 7 heteroatoms.